The lowest BCUT2D eigenvalue weighted by Crippen LogP contribution is -2.47. The average Bonchev–Trinajstić information content (AvgIpc) is 2.56. The molecule has 128 valence electrons. The molecule has 0 aliphatic carbocycles. The molecule has 0 saturated carbocycles. The fourth-order valence-electron chi connectivity index (χ4n) is 2.74. The predicted molar refractivity (Wildman–Crippen MR) is 88.7 cm³/mol. The minimum Gasteiger partial charge on any atom is -0.453 e. The van der Waals surface area contributed by atoms with E-state index in [0.29, 0.717) is 32.4 Å². The van der Waals surface area contributed by atoms with E-state index in [9.17, 15) is 13.2 Å². The summed E-state index contributed by atoms with van der Waals surface area (Å²) in [4.78, 5) is 11.2. The maximum Gasteiger partial charge on any atom is 0.407 e. The van der Waals surface area contributed by atoms with Crippen molar-refractivity contribution in [1.82, 2.24) is 9.62 Å². The number of aryl methyl sites for hydroxylation is 1. The van der Waals surface area contributed by atoms with E-state index in [-0.39, 0.29) is 11.8 Å². The van der Waals surface area contributed by atoms with Crippen molar-refractivity contribution >= 4 is 16.1 Å². The maximum absolute atomic E-state index is 12.4. The zero-order valence-corrected chi connectivity index (χ0v) is 14.2. The molecular weight excluding hydrogens is 316 g/mol. The van der Waals surface area contributed by atoms with Crippen LogP contribution in [0.1, 0.15) is 24.8 Å². The summed E-state index contributed by atoms with van der Waals surface area (Å²) in [6, 6.07) is 9.88. The monoisotopic (exact) mass is 340 g/mol. The molecule has 1 fully saturated rings. The summed E-state index contributed by atoms with van der Waals surface area (Å²) in [7, 11) is -1.90. The second kappa shape index (κ2) is 8.31. The molecule has 0 aromatic heterocycles. The molecule has 0 unspecified atom stereocenters. The van der Waals surface area contributed by atoms with Crippen molar-refractivity contribution in [2.75, 3.05) is 26.0 Å². The van der Waals surface area contributed by atoms with Crippen LogP contribution in [-0.2, 0) is 21.2 Å². The van der Waals surface area contributed by atoms with E-state index in [1.54, 1.807) is 0 Å². The first-order valence-corrected chi connectivity index (χ1v) is 9.48. The van der Waals surface area contributed by atoms with Crippen LogP contribution in [0.2, 0.25) is 0 Å². The molecule has 0 bridgehead atoms. The number of amides is 1. The van der Waals surface area contributed by atoms with Gasteiger partial charge in [0.15, 0.2) is 0 Å². The van der Waals surface area contributed by atoms with Gasteiger partial charge in [-0.25, -0.2) is 17.5 Å². The Kier molecular flexibility index (Phi) is 6.41. The Morgan fingerprint density at radius 1 is 1.26 bits per heavy atom. The van der Waals surface area contributed by atoms with Crippen molar-refractivity contribution in [1.29, 1.82) is 0 Å². The summed E-state index contributed by atoms with van der Waals surface area (Å²) < 4.78 is 30.8. The molecule has 7 heteroatoms. The second-order valence-corrected chi connectivity index (χ2v) is 7.80. The predicted octanol–water partition coefficient (Wildman–Crippen LogP) is 1.77. The van der Waals surface area contributed by atoms with Gasteiger partial charge in [0.1, 0.15) is 0 Å². The summed E-state index contributed by atoms with van der Waals surface area (Å²) in [5.74, 6) is 0.164. The zero-order valence-electron chi connectivity index (χ0n) is 13.4. The van der Waals surface area contributed by atoms with Gasteiger partial charge >= 0.3 is 6.09 Å². The quantitative estimate of drug-likeness (QED) is 0.856. The van der Waals surface area contributed by atoms with E-state index < -0.39 is 16.1 Å². The van der Waals surface area contributed by atoms with Crippen molar-refractivity contribution in [2.24, 2.45) is 0 Å². The smallest absolute Gasteiger partial charge is 0.407 e. The van der Waals surface area contributed by atoms with E-state index in [1.807, 2.05) is 30.3 Å². The third-order valence-corrected chi connectivity index (χ3v) is 6.02. The lowest BCUT2D eigenvalue weighted by Gasteiger charge is -2.31. The summed E-state index contributed by atoms with van der Waals surface area (Å²) in [6.45, 7) is 0.894. The van der Waals surface area contributed by atoms with Gasteiger partial charge in [0.2, 0.25) is 10.0 Å². The van der Waals surface area contributed by atoms with E-state index in [4.69, 9.17) is 0 Å². The summed E-state index contributed by atoms with van der Waals surface area (Å²) in [5, 5.41) is 2.72. The minimum atomic E-state index is -3.22. The average molecular weight is 340 g/mol. The molecule has 1 aromatic carbocycles. The number of rotatable bonds is 6. The number of benzene rings is 1. The van der Waals surface area contributed by atoms with E-state index in [2.05, 4.69) is 10.1 Å². The number of piperidine rings is 1. The van der Waals surface area contributed by atoms with E-state index in [1.165, 1.54) is 11.4 Å². The number of carbonyl (C=O) groups is 1. The number of carbonyl (C=O) groups excluding carboxylic acids is 1. The van der Waals surface area contributed by atoms with Crippen LogP contribution in [0.25, 0.3) is 0 Å². The Hall–Kier alpha value is -1.60. The lowest BCUT2D eigenvalue weighted by atomic mass is 10.1. The summed E-state index contributed by atoms with van der Waals surface area (Å²) in [6.07, 6.45) is 2.15. The van der Waals surface area contributed by atoms with Crippen molar-refractivity contribution in [3.63, 3.8) is 0 Å². The fourth-order valence-corrected chi connectivity index (χ4v) is 4.27. The molecule has 1 amide bonds. The molecule has 1 N–H and O–H groups in total. The highest BCUT2D eigenvalue weighted by molar-refractivity contribution is 7.89. The number of hydrogen-bond acceptors (Lipinski definition) is 4. The summed E-state index contributed by atoms with van der Waals surface area (Å²) in [5.41, 5.74) is 1.16. The molecule has 1 aliphatic rings. The van der Waals surface area contributed by atoms with Crippen molar-refractivity contribution < 1.29 is 17.9 Å². The SMILES string of the molecule is COC(=O)NC1CCN(S(=O)(=O)CCCc2ccccc2)CC1. The minimum absolute atomic E-state index is 0.0155. The van der Waals surface area contributed by atoms with Crippen LogP contribution >= 0.6 is 0 Å². The van der Waals surface area contributed by atoms with E-state index >= 15 is 0 Å². The van der Waals surface area contributed by atoms with Gasteiger partial charge in [-0.15, -0.1) is 0 Å². The van der Waals surface area contributed by atoms with Crippen LogP contribution in [0.15, 0.2) is 30.3 Å². The largest absolute Gasteiger partial charge is 0.453 e. The van der Waals surface area contributed by atoms with Crippen LogP contribution in [0.5, 0.6) is 0 Å². The first-order valence-electron chi connectivity index (χ1n) is 7.87. The molecule has 0 spiro atoms. The van der Waals surface area contributed by atoms with Gasteiger partial charge in [-0.2, -0.15) is 0 Å². The highest BCUT2D eigenvalue weighted by Gasteiger charge is 2.28. The van der Waals surface area contributed by atoms with Crippen LogP contribution in [0.3, 0.4) is 0 Å². The van der Waals surface area contributed by atoms with Gasteiger partial charge in [-0.05, 0) is 31.2 Å². The lowest BCUT2D eigenvalue weighted by molar-refractivity contribution is 0.161. The number of sulfonamides is 1. The molecule has 6 nitrogen and oxygen atoms in total. The molecule has 23 heavy (non-hydrogen) atoms. The van der Waals surface area contributed by atoms with Gasteiger partial charge in [0.25, 0.3) is 0 Å². The standard InChI is InChI=1S/C16H24N2O4S/c1-22-16(19)17-15-9-11-18(12-10-15)23(20,21)13-5-8-14-6-3-2-4-7-14/h2-4,6-7,15H,5,8-13H2,1H3,(H,17,19). The summed E-state index contributed by atoms with van der Waals surface area (Å²) >= 11 is 0. The molecule has 1 saturated heterocycles. The molecule has 1 aliphatic heterocycles. The first-order chi connectivity index (χ1) is 11.0. The Balaban J connectivity index is 1.76. The van der Waals surface area contributed by atoms with Crippen LogP contribution in [0, 0.1) is 0 Å². The highest BCUT2D eigenvalue weighted by Crippen LogP contribution is 2.16. The van der Waals surface area contributed by atoms with Crippen LogP contribution < -0.4 is 5.32 Å². The third-order valence-electron chi connectivity index (χ3n) is 4.07. The van der Waals surface area contributed by atoms with Crippen LogP contribution in [0.4, 0.5) is 4.79 Å². The topological polar surface area (TPSA) is 75.7 Å². The maximum atomic E-state index is 12.4. The van der Waals surface area contributed by atoms with Gasteiger partial charge in [-0.3, -0.25) is 0 Å². The fraction of sp³-hybridized carbons (Fsp3) is 0.562. The van der Waals surface area contributed by atoms with Crippen molar-refractivity contribution in [2.45, 2.75) is 31.7 Å². The van der Waals surface area contributed by atoms with Crippen molar-refractivity contribution in [3.05, 3.63) is 35.9 Å². The van der Waals surface area contributed by atoms with Gasteiger partial charge in [-0.1, -0.05) is 30.3 Å². The van der Waals surface area contributed by atoms with Crippen molar-refractivity contribution in [3.8, 4) is 0 Å². The van der Waals surface area contributed by atoms with Gasteiger partial charge < -0.3 is 10.1 Å². The molecule has 0 radical (unpaired) electrons. The molecular formula is C16H24N2O4S. The second-order valence-electron chi connectivity index (χ2n) is 5.71. The Morgan fingerprint density at radius 3 is 2.52 bits per heavy atom. The molecule has 1 heterocycles. The molecule has 1 aromatic rings. The first kappa shape index (κ1) is 17.7. The number of ether oxygens (including phenoxy) is 1. The number of nitrogens with one attached hydrogen (secondary N) is 1. The number of alkyl carbamates (subject to hydrolysis) is 1. The number of methoxy groups -OCH3 is 1. The van der Waals surface area contributed by atoms with Gasteiger partial charge in [0, 0.05) is 19.1 Å². The Morgan fingerprint density at radius 2 is 1.91 bits per heavy atom. The Bertz CT molecular complexity index is 596. The van der Waals surface area contributed by atoms with E-state index in [0.717, 1.165) is 12.0 Å². The number of nitrogens with zero attached hydrogens (tertiary/aromatic N) is 1. The Labute approximate surface area is 137 Å². The normalized spacial score (nSPS) is 16.9. The van der Waals surface area contributed by atoms with Crippen LogP contribution in [-0.4, -0.2) is 50.8 Å². The zero-order chi connectivity index (χ0) is 16.7. The highest BCUT2D eigenvalue weighted by atomic mass is 32.2. The van der Waals surface area contributed by atoms with Gasteiger partial charge in [0.05, 0.1) is 12.9 Å². The molecule has 0 atom stereocenters. The third kappa shape index (κ3) is 5.51. The molecule has 2 rings (SSSR count). The number of hydrogen-bond donors (Lipinski definition) is 1.